The van der Waals surface area contributed by atoms with Crippen LogP contribution in [0.3, 0.4) is 0 Å². The van der Waals surface area contributed by atoms with Crippen LogP contribution in [-0.2, 0) is 11.3 Å². The number of rotatable bonds is 4. The van der Waals surface area contributed by atoms with Crippen molar-refractivity contribution < 1.29 is 19.3 Å². The van der Waals surface area contributed by atoms with Crippen LogP contribution in [0.25, 0.3) is 0 Å². The minimum absolute atomic E-state index is 0.0451. The summed E-state index contributed by atoms with van der Waals surface area (Å²) in [7, 11) is 3.29. The molecule has 0 aromatic carbocycles. The van der Waals surface area contributed by atoms with E-state index in [1.165, 1.54) is 0 Å². The molecule has 2 aliphatic heterocycles. The van der Waals surface area contributed by atoms with Crippen LogP contribution in [0, 0.1) is 5.41 Å². The van der Waals surface area contributed by atoms with Gasteiger partial charge in [-0.05, 0) is 18.3 Å². The van der Waals surface area contributed by atoms with E-state index in [1.54, 1.807) is 20.4 Å². The molecule has 27 heavy (non-hydrogen) atoms. The fraction of sp³-hybridized carbons (Fsp3) is 0.762. The second-order valence-electron chi connectivity index (χ2n) is 9.02. The van der Waals surface area contributed by atoms with E-state index in [-0.39, 0.29) is 23.2 Å². The van der Waals surface area contributed by atoms with Gasteiger partial charge in [0.05, 0.1) is 32.0 Å². The van der Waals surface area contributed by atoms with Gasteiger partial charge in [0.15, 0.2) is 11.5 Å². The lowest BCUT2D eigenvalue weighted by Crippen LogP contribution is -2.55. The first-order valence-corrected chi connectivity index (χ1v) is 9.90. The van der Waals surface area contributed by atoms with Gasteiger partial charge in [-0.1, -0.05) is 20.8 Å². The summed E-state index contributed by atoms with van der Waals surface area (Å²) in [4.78, 5) is 6.88. The van der Waals surface area contributed by atoms with Gasteiger partial charge in [0.1, 0.15) is 5.69 Å². The van der Waals surface area contributed by atoms with Gasteiger partial charge in [-0.3, -0.25) is 9.88 Å². The molecule has 0 bridgehead atoms. The molecule has 1 aromatic heterocycles. The SMILES string of the molecule is COc1ccnc(CN2CCC3(CC2)C[C@H](O)C[C@H](C(C)(C)C)O3)c1OC. The molecule has 3 rings (SSSR count). The van der Waals surface area contributed by atoms with Crippen molar-refractivity contribution in [3.63, 3.8) is 0 Å². The minimum Gasteiger partial charge on any atom is -0.493 e. The number of hydrogen-bond donors (Lipinski definition) is 1. The highest BCUT2D eigenvalue weighted by molar-refractivity contribution is 5.42. The maximum Gasteiger partial charge on any atom is 0.183 e. The van der Waals surface area contributed by atoms with E-state index in [9.17, 15) is 5.11 Å². The van der Waals surface area contributed by atoms with E-state index < -0.39 is 0 Å². The molecule has 6 nitrogen and oxygen atoms in total. The molecule has 1 aromatic rings. The van der Waals surface area contributed by atoms with Gasteiger partial charge in [-0.2, -0.15) is 0 Å². The summed E-state index contributed by atoms with van der Waals surface area (Å²) in [5.41, 5.74) is 0.742. The van der Waals surface area contributed by atoms with Gasteiger partial charge >= 0.3 is 0 Å². The van der Waals surface area contributed by atoms with Crippen molar-refractivity contribution in [2.75, 3.05) is 27.3 Å². The van der Waals surface area contributed by atoms with Crippen molar-refractivity contribution in [3.05, 3.63) is 18.0 Å². The number of likely N-dealkylation sites (tertiary alicyclic amines) is 1. The molecule has 152 valence electrons. The van der Waals surface area contributed by atoms with Gasteiger partial charge in [-0.25, -0.2) is 0 Å². The number of pyridine rings is 1. The number of piperidine rings is 1. The molecule has 2 atom stereocenters. The maximum absolute atomic E-state index is 10.5. The number of aliphatic hydroxyl groups excluding tert-OH is 1. The molecule has 6 heteroatoms. The zero-order valence-electron chi connectivity index (χ0n) is 17.3. The van der Waals surface area contributed by atoms with Crippen LogP contribution in [0.5, 0.6) is 11.5 Å². The van der Waals surface area contributed by atoms with Gasteiger partial charge in [0, 0.05) is 44.7 Å². The zero-order valence-corrected chi connectivity index (χ0v) is 17.3. The van der Waals surface area contributed by atoms with Crippen molar-refractivity contribution >= 4 is 0 Å². The molecular formula is C21H34N2O4. The minimum atomic E-state index is -0.269. The average Bonchev–Trinajstić information content (AvgIpc) is 2.62. The highest BCUT2D eigenvalue weighted by Crippen LogP contribution is 2.42. The quantitative estimate of drug-likeness (QED) is 0.869. The van der Waals surface area contributed by atoms with E-state index in [4.69, 9.17) is 14.2 Å². The molecule has 0 radical (unpaired) electrons. The second kappa shape index (κ2) is 7.94. The molecular weight excluding hydrogens is 344 g/mol. The van der Waals surface area contributed by atoms with Gasteiger partial charge < -0.3 is 19.3 Å². The third kappa shape index (κ3) is 4.55. The molecule has 1 spiro atoms. The van der Waals surface area contributed by atoms with Crippen molar-refractivity contribution in [1.82, 2.24) is 9.88 Å². The fourth-order valence-electron chi connectivity index (χ4n) is 4.30. The third-order valence-corrected chi connectivity index (χ3v) is 5.96. The molecule has 0 unspecified atom stereocenters. The summed E-state index contributed by atoms with van der Waals surface area (Å²) in [5.74, 6) is 1.42. The fourth-order valence-corrected chi connectivity index (χ4v) is 4.30. The number of nitrogens with zero attached hydrogens (tertiary/aromatic N) is 2. The first-order valence-electron chi connectivity index (χ1n) is 9.90. The largest absolute Gasteiger partial charge is 0.493 e. The summed E-state index contributed by atoms with van der Waals surface area (Å²) >= 11 is 0. The smallest absolute Gasteiger partial charge is 0.183 e. The van der Waals surface area contributed by atoms with E-state index >= 15 is 0 Å². The molecule has 0 saturated carbocycles. The van der Waals surface area contributed by atoms with Gasteiger partial charge in [-0.15, -0.1) is 0 Å². The molecule has 1 N–H and O–H groups in total. The molecule has 2 aliphatic rings. The highest BCUT2D eigenvalue weighted by Gasteiger charge is 2.46. The van der Waals surface area contributed by atoms with Crippen molar-refractivity contribution in [3.8, 4) is 11.5 Å². The topological polar surface area (TPSA) is 64.1 Å². The third-order valence-electron chi connectivity index (χ3n) is 5.96. The van der Waals surface area contributed by atoms with Crippen LogP contribution >= 0.6 is 0 Å². The Bertz CT molecular complexity index is 636. The average molecular weight is 379 g/mol. The Morgan fingerprint density at radius 2 is 1.96 bits per heavy atom. The van der Waals surface area contributed by atoms with Gasteiger partial charge in [0.25, 0.3) is 0 Å². The molecule has 2 saturated heterocycles. The molecule has 3 heterocycles. The maximum atomic E-state index is 10.5. The summed E-state index contributed by atoms with van der Waals surface area (Å²) in [5, 5.41) is 10.5. The Morgan fingerprint density at radius 1 is 1.26 bits per heavy atom. The number of ether oxygens (including phenoxy) is 3. The first-order chi connectivity index (χ1) is 12.8. The van der Waals surface area contributed by atoms with Gasteiger partial charge in [0.2, 0.25) is 0 Å². The lowest BCUT2D eigenvalue weighted by molar-refractivity contribution is -0.208. The Balaban J connectivity index is 1.65. The van der Waals surface area contributed by atoms with Crippen molar-refractivity contribution in [2.24, 2.45) is 5.41 Å². The number of aromatic nitrogens is 1. The molecule has 2 fully saturated rings. The highest BCUT2D eigenvalue weighted by atomic mass is 16.5. The standard InChI is InChI=1S/C21H34N2O4/c1-20(2,3)18-12-15(24)13-21(27-18)7-10-23(11-8-21)14-16-19(26-5)17(25-4)6-9-22-16/h6,9,15,18,24H,7-8,10-14H2,1-5H3/t15-,18-/m1/s1. The summed E-state index contributed by atoms with van der Waals surface area (Å²) in [6.45, 7) is 9.15. The van der Waals surface area contributed by atoms with Crippen molar-refractivity contribution in [2.45, 2.75) is 70.8 Å². The Labute approximate surface area is 162 Å². The summed E-state index contributed by atoms with van der Waals surface area (Å²) in [6.07, 6.45) is 4.94. The van der Waals surface area contributed by atoms with Crippen LogP contribution in [0.4, 0.5) is 0 Å². The molecule has 0 amide bonds. The monoisotopic (exact) mass is 378 g/mol. The van der Waals surface area contributed by atoms with Crippen molar-refractivity contribution in [1.29, 1.82) is 0 Å². The van der Waals surface area contributed by atoms with E-state index in [1.807, 2.05) is 6.07 Å². The second-order valence-corrected chi connectivity index (χ2v) is 9.02. The van der Waals surface area contributed by atoms with Crippen LogP contribution in [0.15, 0.2) is 12.3 Å². The number of aliphatic hydroxyl groups is 1. The van der Waals surface area contributed by atoms with Crippen LogP contribution in [0.1, 0.15) is 52.1 Å². The van der Waals surface area contributed by atoms with Crippen LogP contribution in [-0.4, -0.2) is 60.1 Å². The number of hydrogen-bond acceptors (Lipinski definition) is 6. The normalized spacial score (nSPS) is 26.1. The van der Waals surface area contributed by atoms with Crippen LogP contribution < -0.4 is 9.47 Å². The van der Waals surface area contributed by atoms with Crippen LogP contribution in [0.2, 0.25) is 0 Å². The molecule has 0 aliphatic carbocycles. The summed E-state index contributed by atoms with van der Waals surface area (Å²) < 4.78 is 17.5. The zero-order chi connectivity index (χ0) is 19.7. The van der Waals surface area contributed by atoms with E-state index in [0.29, 0.717) is 11.5 Å². The Hall–Kier alpha value is -1.37. The van der Waals surface area contributed by atoms with E-state index in [2.05, 4.69) is 30.7 Å². The Morgan fingerprint density at radius 3 is 2.56 bits per heavy atom. The van der Waals surface area contributed by atoms with E-state index in [0.717, 1.165) is 51.0 Å². The lowest BCUT2D eigenvalue weighted by Gasteiger charge is -2.50. The first kappa shape index (κ1) is 20.4. The lowest BCUT2D eigenvalue weighted by atomic mass is 9.76. The predicted molar refractivity (Wildman–Crippen MR) is 104 cm³/mol. The predicted octanol–water partition coefficient (Wildman–Crippen LogP) is 3.02. The Kier molecular flexibility index (Phi) is 5.99. The summed E-state index contributed by atoms with van der Waals surface area (Å²) in [6, 6.07) is 1.82. The number of methoxy groups -OCH3 is 2.